The molecule has 0 atom stereocenters. The summed E-state index contributed by atoms with van der Waals surface area (Å²) in [6, 6.07) is 9.47. The minimum absolute atomic E-state index is 0.0277. The molecule has 1 heterocycles. The molecule has 0 spiro atoms. The number of aryl methyl sites for hydroxylation is 1. The average Bonchev–Trinajstić information content (AvgIpc) is 2.95. The van der Waals surface area contributed by atoms with Gasteiger partial charge in [0.15, 0.2) is 0 Å². The summed E-state index contributed by atoms with van der Waals surface area (Å²) in [7, 11) is 0. The maximum Gasteiger partial charge on any atom is 0.335 e. The topological polar surface area (TPSA) is 71.3 Å². The normalized spacial score (nSPS) is 30.1. The fourth-order valence-electron chi connectivity index (χ4n) is 6.09. The number of rotatable bonds is 4. The Labute approximate surface area is 175 Å². The van der Waals surface area contributed by atoms with Gasteiger partial charge in [0.1, 0.15) is 5.15 Å². The molecule has 152 valence electrons. The number of benzene rings is 1. The summed E-state index contributed by atoms with van der Waals surface area (Å²) >= 11 is 6.51. The third-order valence-corrected chi connectivity index (χ3v) is 7.19. The summed E-state index contributed by atoms with van der Waals surface area (Å²) in [5, 5.41) is 12.4. The van der Waals surface area contributed by atoms with Gasteiger partial charge in [-0.15, -0.1) is 0 Å². The van der Waals surface area contributed by atoms with Crippen molar-refractivity contribution in [2.75, 3.05) is 0 Å². The van der Waals surface area contributed by atoms with Crippen molar-refractivity contribution in [2.24, 2.45) is 22.9 Å². The van der Waals surface area contributed by atoms with Crippen molar-refractivity contribution in [1.82, 2.24) is 20.5 Å². The SMILES string of the molecule is Cc1nn(-c2ccccc2)c(Cl)c1C=NNC(=O)NC12CC3CC(CC(C3)C1)C2. The molecular weight excluding hydrogens is 386 g/mol. The number of amides is 2. The Balaban J connectivity index is 1.25. The van der Waals surface area contributed by atoms with Crippen molar-refractivity contribution in [2.45, 2.75) is 51.0 Å². The van der Waals surface area contributed by atoms with Gasteiger partial charge in [-0.25, -0.2) is 14.9 Å². The summed E-state index contributed by atoms with van der Waals surface area (Å²) < 4.78 is 1.67. The van der Waals surface area contributed by atoms with Crippen LogP contribution in [0.25, 0.3) is 5.69 Å². The number of urea groups is 1. The van der Waals surface area contributed by atoms with Crippen LogP contribution in [0.1, 0.15) is 49.8 Å². The molecule has 0 radical (unpaired) electrons. The molecule has 7 heteroatoms. The molecule has 4 aliphatic carbocycles. The molecule has 29 heavy (non-hydrogen) atoms. The highest BCUT2D eigenvalue weighted by molar-refractivity contribution is 6.32. The number of aromatic nitrogens is 2. The van der Waals surface area contributed by atoms with Gasteiger partial charge in [0.2, 0.25) is 0 Å². The van der Waals surface area contributed by atoms with E-state index in [9.17, 15) is 4.79 Å². The van der Waals surface area contributed by atoms with E-state index in [2.05, 4.69) is 20.9 Å². The molecule has 4 bridgehead atoms. The Kier molecular flexibility index (Phi) is 4.62. The second-order valence-electron chi connectivity index (χ2n) is 9.06. The molecule has 6 rings (SSSR count). The third kappa shape index (κ3) is 3.54. The van der Waals surface area contributed by atoms with Crippen LogP contribution >= 0.6 is 11.6 Å². The zero-order chi connectivity index (χ0) is 20.0. The minimum Gasteiger partial charge on any atom is -0.331 e. The van der Waals surface area contributed by atoms with E-state index in [0.29, 0.717) is 10.7 Å². The standard InChI is InChI=1S/C22H26ClN5O/c1-14-19(20(23)28(27-14)18-5-3-2-4-6-18)13-24-26-21(29)25-22-10-15-7-16(11-22)9-17(8-15)12-22/h2-6,13,15-17H,7-12H2,1H3,(H2,25,26,29). The Bertz CT molecular complexity index is 916. The summed E-state index contributed by atoms with van der Waals surface area (Å²) in [5.41, 5.74) is 4.94. The maximum atomic E-state index is 12.5. The van der Waals surface area contributed by atoms with Gasteiger partial charge in [-0.2, -0.15) is 10.2 Å². The predicted molar refractivity (Wildman–Crippen MR) is 113 cm³/mol. The molecule has 4 saturated carbocycles. The van der Waals surface area contributed by atoms with Crippen molar-refractivity contribution in [3.05, 3.63) is 46.7 Å². The largest absolute Gasteiger partial charge is 0.335 e. The number of carbonyl (C=O) groups is 1. The van der Waals surface area contributed by atoms with Gasteiger partial charge in [-0.1, -0.05) is 29.8 Å². The Morgan fingerprint density at radius 2 is 1.79 bits per heavy atom. The van der Waals surface area contributed by atoms with E-state index in [4.69, 9.17) is 11.6 Å². The van der Waals surface area contributed by atoms with Crippen LogP contribution in [0.2, 0.25) is 5.15 Å². The number of hydrogen-bond donors (Lipinski definition) is 2. The van der Waals surface area contributed by atoms with Crippen LogP contribution < -0.4 is 10.7 Å². The first kappa shape index (κ1) is 18.7. The molecule has 0 unspecified atom stereocenters. The van der Waals surface area contributed by atoms with Crippen LogP contribution in [0, 0.1) is 24.7 Å². The molecule has 2 amide bonds. The summed E-state index contributed by atoms with van der Waals surface area (Å²) in [6.07, 6.45) is 8.97. The fourth-order valence-corrected chi connectivity index (χ4v) is 6.41. The van der Waals surface area contributed by atoms with Gasteiger partial charge < -0.3 is 5.32 Å². The lowest BCUT2D eigenvalue weighted by molar-refractivity contribution is -0.0135. The van der Waals surface area contributed by atoms with E-state index in [1.54, 1.807) is 10.9 Å². The van der Waals surface area contributed by atoms with Crippen LogP contribution in [0.3, 0.4) is 0 Å². The van der Waals surface area contributed by atoms with Gasteiger partial charge in [0.05, 0.1) is 23.2 Å². The number of halogens is 1. The molecule has 4 fully saturated rings. The van der Waals surface area contributed by atoms with E-state index in [1.807, 2.05) is 37.3 Å². The first-order valence-corrected chi connectivity index (χ1v) is 10.8. The lowest BCUT2D eigenvalue weighted by Gasteiger charge is -2.56. The number of nitrogens with one attached hydrogen (secondary N) is 2. The van der Waals surface area contributed by atoms with E-state index in [-0.39, 0.29) is 11.6 Å². The van der Waals surface area contributed by atoms with E-state index in [0.717, 1.165) is 48.4 Å². The van der Waals surface area contributed by atoms with Crippen molar-refractivity contribution in [1.29, 1.82) is 0 Å². The van der Waals surface area contributed by atoms with Gasteiger partial charge in [-0.3, -0.25) is 0 Å². The highest BCUT2D eigenvalue weighted by Crippen LogP contribution is 2.55. The number of nitrogens with zero attached hydrogens (tertiary/aromatic N) is 3. The smallest absolute Gasteiger partial charge is 0.331 e. The minimum atomic E-state index is -0.229. The first-order valence-electron chi connectivity index (χ1n) is 10.4. The molecule has 4 aliphatic rings. The van der Waals surface area contributed by atoms with E-state index in [1.165, 1.54) is 19.3 Å². The lowest BCUT2D eigenvalue weighted by Crippen LogP contribution is -2.61. The molecule has 0 aliphatic heterocycles. The van der Waals surface area contributed by atoms with E-state index >= 15 is 0 Å². The Morgan fingerprint density at radius 3 is 2.41 bits per heavy atom. The maximum absolute atomic E-state index is 12.5. The van der Waals surface area contributed by atoms with Crippen molar-refractivity contribution in [3.8, 4) is 5.69 Å². The average molecular weight is 412 g/mol. The van der Waals surface area contributed by atoms with Crippen LogP contribution in [0.4, 0.5) is 4.79 Å². The highest BCUT2D eigenvalue weighted by Gasteiger charge is 2.51. The summed E-state index contributed by atoms with van der Waals surface area (Å²) in [4.78, 5) is 12.5. The summed E-state index contributed by atoms with van der Waals surface area (Å²) in [6.45, 7) is 1.88. The predicted octanol–water partition coefficient (Wildman–Crippen LogP) is 4.44. The van der Waals surface area contributed by atoms with Crippen LogP contribution in [-0.2, 0) is 0 Å². The molecule has 2 N–H and O–H groups in total. The number of carbonyl (C=O) groups excluding carboxylic acids is 1. The lowest BCUT2D eigenvalue weighted by atomic mass is 9.53. The Hall–Kier alpha value is -2.34. The van der Waals surface area contributed by atoms with E-state index < -0.39 is 0 Å². The fraction of sp³-hybridized carbons (Fsp3) is 0.500. The van der Waals surface area contributed by atoms with Gasteiger partial charge >= 0.3 is 6.03 Å². The third-order valence-electron chi connectivity index (χ3n) is 6.83. The molecule has 2 aromatic rings. The first-order chi connectivity index (χ1) is 14.0. The summed E-state index contributed by atoms with van der Waals surface area (Å²) in [5.74, 6) is 2.36. The zero-order valence-corrected chi connectivity index (χ0v) is 17.3. The molecular formula is C22H26ClN5O. The van der Waals surface area contributed by atoms with Gasteiger partial charge in [0, 0.05) is 5.54 Å². The molecule has 0 saturated heterocycles. The quantitative estimate of drug-likeness (QED) is 0.576. The van der Waals surface area contributed by atoms with Crippen molar-refractivity contribution >= 4 is 23.8 Å². The second kappa shape index (κ2) is 7.17. The van der Waals surface area contributed by atoms with Crippen molar-refractivity contribution in [3.63, 3.8) is 0 Å². The molecule has 1 aromatic carbocycles. The number of hydrogen-bond acceptors (Lipinski definition) is 3. The van der Waals surface area contributed by atoms with Crippen LogP contribution in [0.15, 0.2) is 35.4 Å². The number of hydrazone groups is 1. The molecule has 6 nitrogen and oxygen atoms in total. The second-order valence-corrected chi connectivity index (χ2v) is 9.42. The highest BCUT2D eigenvalue weighted by atomic mass is 35.5. The van der Waals surface area contributed by atoms with Gasteiger partial charge in [-0.05, 0) is 75.3 Å². The van der Waals surface area contributed by atoms with Crippen LogP contribution in [0.5, 0.6) is 0 Å². The Morgan fingerprint density at radius 1 is 1.17 bits per heavy atom. The van der Waals surface area contributed by atoms with Crippen LogP contribution in [-0.4, -0.2) is 27.6 Å². The molecule has 1 aromatic heterocycles. The number of para-hydroxylation sites is 1. The zero-order valence-electron chi connectivity index (χ0n) is 16.6. The van der Waals surface area contributed by atoms with Gasteiger partial charge in [0.25, 0.3) is 0 Å². The van der Waals surface area contributed by atoms with Crippen molar-refractivity contribution < 1.29 is 4.79 Å². The monoisotopic (exact) mass is 411 g/mol.